The summed E-state index contributed by atoms with van der Waals surface area (Å²) in [6.07, 6.45) is 4.51. The lowest BCUT2D eigenvalue weighted by Crippen LogP contribution is -2.25. The molecule has 2 aromatic carbocycles. The fraction of sp³-hybridized carbons (Fsp3) is 0.423. The largest absolute Gasteiger partial charge is 0.494 e. The highest BCUT2D eigenvalue weighted by Crippen LogP contribution is 2.20. The highest BCUT2D eigenvalue weighted by atomic mass is 16.5. The van der Waals surface area contributed by atoms with Crippen LogP contribution in [0.25, 0.3) is 10.9 Å². The number of carbonyl (C=O) groups excluding carboxylic acids is 1. The Morgan fingerprint density at radius 1 is 1.18 bits per heavy atom. The van der Waals surface area contributed by atoms with Crippen LogP contribution in [-0.4, -0.2) is 66.9 Å². The Hall–Kier alpha value is -3.23. The number of aromatic nitrogens is 2. The van der Waals surface area contributed by atoms with E-state index in [1.54, 1.807) is 30.1 Å². The number of hydrogen-bond donors (Lipinski definition) is 1. The molecular formula is C26H32N4O4. The van der Waals surface area contributed by atoms with Crippen molar-refractivity contribution in [3.8, 4) is 5.75 Å². The van der Waals surface area contributed by atoms with Gasteiger partial charge in [0.1, 0.15) is 5.75 Å². The molecule has 8 nitrogen and oxygen atoms in total. The predicted molar refractivity (Wildman–Crippen MR) is 132 cm³/mol. The summed E-state index contributed by atoms with van der Waals surface area (Å²) in [4.78, 5) is 32.1. The van der Waals surface area contributed by atoms with Crippen LogP contribution in [0.3, 0.4) is 0 Å². The monoisotopic (exact) mass is 464 g/mol. The first kappa shape index (κ1) is 23.9. The van der Waals surface area contributed by atoms with Gasteiger partial charge in [0.25, 0.3) is 11.5 Å². The molecule has 34 heavy (non-hydrogen) atoms. The summed E-state index contributed by atoms with van der Waals surface area (Å²) in [7, 11) is 3.75. The molecule has 1 aliphatic rings. The second-order valence-electron chi connectivity index (χ2n) is 8.80. The van der Waals surface area contributed by atoms with Crippen LogP contribution >= 0.6 is 0 Å². The predicted octanol–water partition coefficient (Wildman–Crippen LogP) is 2.68. The number of nitrogens with zero attached hydrogens (tertiary/aromatic N) is 3. The molecular weight excluding hydrogens is 432 g/mol. The van der Waals surface area contributed by atoms with E-state index in [9.17, 15) is 9.59 Å². The van der Waals surface area contributed by atoms with Gasteiger partial charge in [-0.1, -0.05) is 12.1 Å². The number of fused-ring (bicyclic) bond motifs is 1. The normalized spacial score (nSPS) is 13.4. The standard InChI is InChI=1S/C26H32N4O4/c1-29(12-14-33-2)11-4-13-34-22-9-10-24-23(16-22)26(32)30(18-27-24)17-19-5-3-6-20(15-19)25(31)28-21-7-8-21/h3,5-6,9-10,15-16,18,21H,4,7-8,11-14,17H2,1-2H3,(H,28,31). The molecule has 0 bridgehead atoms. The summed E-state index contributed by atoms with van der Waals surface area (Å²) in [6, 6.07) is 13.1. The Morgan fingerprint density at radius 3 is 2.82 bits per heavy atom. The van der Waals surface area contributed by atoms with Crippen LogP contribution in [0.2, 0.25) is 0 Å². The third-order valence-electron chi connectivity index (χ3n) is 5.88. The molecule has 0 unspecified atom stereocenters. The molecule has 180 valence electrons. The molecule has 1 aromatic heterocycles. The van der Waals surface area contributed by atoms with Gasteiger partial charge in [-0.25, -0.2) is 4.98 Å². The van der Waals surface area contributed by atoms with Crippen LogP contribution in [0.15, 0.2) is 53.6 Å². The topological polar surface area (TPSA) is 85.7 Å². The third-order valence-corrected chi connectivity index (χ3v) is 5.88. The molecule has 1 fully saturated rings. The first-order valence-electron chi connectivity index (χ1n) is 11.7. The lowest BCUT2D eigenvalue weighted by molar-refractivity contribution is 0.0951. The molecule has 0 saturated heterocycles. The van der Waals surface area contributed by atoms with Crippen LogP contribution in [0.5, 0.6) is 5.75 Å². The summed E-state index contributed by atoms with van der Waals surface area (Å²) < 4.78 is 12.5. The second kappa shape index (κ2) is 11.3. The van der Waals surface area contributed by atoms with Crippen molar-refractivity contribution in [3.63, 3.8) is 0 Å². The number of nitrogens with one attached hydrogen (secondary N) is 1. The van der Waals surface area contributed by atoms with Gasteiger partial charge in [0.15, 0.2) is 0 Å². The van der Waals surface area contributed by atoms with E-state index >= 15 is 0 Å². The zero-order valence-corrected chi connectivity index (χ0v) is 19.8. The van der Waals surface area contributed by atoms with Gasteiger partial charge in [-0.05, 0) is 62.2 Å². The maximum absolute atomic E-state index is 13.1. The van der Waals surface area contributed by atoms with Crippen LogP contribution in [0.4, 0.5) is 0 Å². The number of hydrogen-bond acceptors (Lipinski definition) is 6. The van der Waals surface area contributed by atoms with Crippen molar-refractivity contribution in [2.75, 3.05) is 40.5 Å². The molecule has 0 radical (unpaired) electrons. The van der Waals surface area contributed by atoms with Gasteiger partial charge in [-0.3, -0.25) is 14.2 Å². The smallest absolute Gasteiger partial charge is 0.261 e. The number of likely N-dealkylation sites (N-methyl/N-ethyl adjacent to an activating group) is 1. The Kier molecular flexibility index (Phi) is 7.92. The molecule has 0 atom stereocenters. The Labute approximate surface area is 199 Å². The van der Waals surface area contributed by atoms with Gasteiger partial charge in [0.2, 0.25) is 0 Å². The number of amides is 1. The van der Waals surface area contributed by atoms with Crippen LogP contribution < -0.4 is 15.6 Å². The van der Waals surface area contributed by atoms with E-state index in [0.717, 1.165) is 37.9 Å². The van der Waals surface area contributed by atoms with Gasteiger partial charge in [0.05, 0.1) is 37.0 Å². The summed E-state index contributed by atoms with van der Waals surface area (Å²) in [5.74, 6) is 0.586. The molecule has 4 rings (SSSR count). The number of benzene rings is 2. The van der Waals surface area contributed by atoms with Crippen molar-refractivity contribution in [2.24, 2.45) is 0 Å². The quantitative estimate of drug-likeness (QED) is 0.415. The second-order valence-corrected chi connectivity index (χ2v) is 8.80. The fourth-order valence-electron chi connectivity index (χ4n) is 3.73. The number of methoxy groups -OCH3 is 1. The SMILES string of the molecule is COCCN(C)CCCOc1ccc2ncn(Cc3cccc(C(=O)NC4CC4)c3)c(=O)c2c1. The average molecular weight is 465 g/mol. The van der Waals surface area contributed by atoms with Gasteiger partial charge in [0, 0.05) is 31.8 Å². The van der Waals surface area contributed by atoms with E-state index in [1.807, 2.05) is 30.3 Å². The zero-order chi connectivity index (χ0) is 23.9. The summed E-state index contributed by atoms with van der Waals surface area (Å²) in [5, 5.41) is 3.51. The first-order valence-corrected chi connectivity index (χ1v) is 11.7. The van der Waals surface area contributed by atoms with E-state index in [4.69, 9.17) is 9.47 Å². The maximum Gasteiger partial charge on any atom is 0.261 e. The van der Waals surface area contributed by atoms with E-state index < -0.39 is 0 Å². The lowest BCUT2D eigenvalue weighted by atomic mass is 10.1. The van der Waals surface area contributed by atoms with E-state index in [1.165, 1.54) is 0 Å². The summed E-state index contributed by atoms with van der Waals surface area (Å²) in [5.41, 5.74) is 1.97. The molecule has 0 spiro atoms. The van der Waals surface area contributed by atoms with Crippen LogP contribution in [0, 0.1) is 0 Å². The molecule has 3 aromatic rings. The highest BCUT2D eigenvalue weighted by molar-refractivity contribution is 5.94. The molecule has 1 amide bonds. The van der Waals surface area contributed by atoms with Crippen molar-refractivity contribution in [2.45, 2.75) is 31.8 Å². The molecule has 8 heteroatoms. The van der Waals surface area contributed by atoms with Crippen molar-refractivity contribution < 1.29 is 14.3 Å². The molecule has 1 heterocycles. The Balaban J connectivity index is 1.41. The summed E-state index contributed by atoms with van der Waals surface area (Å²) in [6.45, 7) is 3.40. The minimum Gasteiger partial charge on any atom is -0.494 e. The van der Waals surface area contributed by atoms with Gasteiger partial charge < -0.3 is 19.7 Å². The van der Waals surface area contributed by atoms with E-state index in [-0.39, 0.29) is 11.5 Å². The van der Waals surface area contributed by atoms with Gasteiger partial charge >= 0.3 is 0 Å². The van der Waals surface area contributed by atoms with E-state index in [0.29, 0.717) is 48.0 Å². The van der Waals surface area contributed by atoms with Crippen molar-refractivity contribution in [1.29, 1.82) is 0 Å². The average Bonchev–Trinajstić information content (AvgIpc) is 3.66. The summed E-state index contributed by atoms with van der Waals surface area (Å²) >= 11 is 0. The van der Waals surface area contributed by atoms with Crippen molar-refractivity contribution in [1.82, 2.24) is 19.8 Å². The van der Waals surface area contributed by atoms with Gasteiger partial charge in [-0.2, -0.15) is 0 Å². The lowest BCUT2D eigenvalue weighted by Gasteiger charge is -2.16. The molecule has 1 N–H and O–H groups in total. The Morgan fingerprint density at radius 2 is 2.03 bits per heavy atom. The Bertz CT molecular complexity index is 1190. The van der Waals surface area contributed by atoms with E-state index in [2.05, 4.69) is 22.2 Å². The van der Waals surface area contributed by atoms with Crippen molar-refractivity contribution in [3.05, 3.63) is 70.3 Å². The molecule has 1 aliphatic carbocycles. The zero-order valence-electron chi connectivity index (χ0n) is 19.8. The minimum absolute atomic E-state index is 0.0694. The minimum atomic E-state index is -0.136. The van der Waals surface area contributed by atoms with Crippen LogP contribution in [0.1, 0.15) is 35.2 Å². The number of carbonyl (C=O) groups is 1. The third kappa shape index (κ3) is 6.42. The highest BCUT2D eigenvalue weighted by Gasteiger charge is 2.23. The number of rotatable bonds is 12. The van der Waals surface area contributed by atoms with Crippen LogP contribution in [-0.2, 0) is 11.3 Å². The van der Waals surface area contributed by atoms with Gasteiger partial charge in [-0.15, -0.1) is 0 Å². The maximum atomic E-state index is 13.1. The fourth-order valence-corrected chi connectivity index (χ4v) is 3.73. The number of ether oxygens (including phenoxy) is 2. The molecule has 0 aliphatic heterocycles. The molecule has 1 saturated carbocycles. The first-order chi connectivity index (χ1) is 16.5. The van der Waals surface area contributed by atoms with Crippen molar-refractivity contribution >= 4 is 16.8 Å².